The molecule has 12 heteroatoms. The van der Waals surface area contributed by atoms with Crippen molar-refractivity contribution in [3.8, 4) is 28.8 Å². The van der Waals surface area contributed by atoms with E-state index in [9.17, 15) is 9.90 Å². The van der Waals surface area contributed by atoms with E-state index in [1.165, 1.54) is 0 Å². The molecule has 2 fully saturated rings. The number of fused-ring (bicyclic) bond motifs is 3. The number of rotatable bonds is 4. The highest BCUT2D eigenvalue weighted by atomic mass is 16.3. The molecule has 43 heavy (non-hydrogen) atoms. The first-order valence-electron chi connectivity index (χ1n) is 14.2. The maximum Gasteiger partial charge on any atom is 0.277 e. The number of phenols is 1. The lowest BCUT2D eigenvalue weighted by Gasteiger charge is -2.42. The van der Waals surface area contributed by atoms with E-state index >= 15 is 0 Å². The molecule has 4 aromatic heterocycles. The number of piperazine rings is 1. The van der Waals surface area contributed by atoms with Crippen LogP contribution in [0.3, 0.4) is 0 Å². The fourth-order valence-corrected chi connectivity index (χ4v) is 6.17. The molecule has 3 N–H and O–H groups in total. The van der Waals surface area contributed by atoms with Crippen molar-refractivity contribution in [3.63, 3.8) is 0 Å². The normalized spacial score (nSPS) is 17.7. The molecule has 0 amide bonds. The SMILES string of the molecule is Cc1nn2ccn(CC#Cc3nccc(N4C5CCC4CN(c4cc(-c6ccccc6O)nnc4N)C5)n3)c(=O)c2c1C. The van der Waals surface area contributed by atoms with Gasteiger partial charge in [0.25, 0.3) is 5.56 Å². The summed E-state index contributed by atoms with van der Waals surface area (Å²) in [7, 11) is 0. The molecule has 0 spiro atoms. The molecule has 12 nitrogen and oxygen atoms in total. The third kappa shape index (κ3) is 4.68. The molecular weight excluding hydrogens is 544 g/mol. The van der Waals surface area contributed by atoms with Crippen LogP contribution in [0.4, 0.5) is 17.3 Å². The van der Waals surface area contributed by atoms with Crippen LogP contribution in [-0.2, 0) is 6.54 Å². The van der Waals surface area contributed by atoms with Gasteiger partial charge in [-0.05, 0) is 56.9 Å². The number of nitrogen functional groups attached to an aromatic ring is 1. The summed E-state index contributed by atoms with van der Waals surface area (Å²) >= 11 is 0. The first-order chi connectivity index (χ1) is 20.9. The number of benzene rings is 1. The van der Waals surface area contributed by atoms with Gasteiger partial charge >= 0.3 is 0 Å². The number of hydrogen-bond donors (Lipinski definition) is 2. The Hall–Kier alpha value is -5.44. The van der Waals surface area contributed by atoms with Crippen LogP contribution in [0.1, 0.15) is 29.9 Å². The van der Waals surface area contributed by atoms with Crippen molar-refractivity contribution in [2.75, 3.05) is 28.6 Å². The molecule has 2 aliphatic heterocycles. The highest BCUT2D eigenvalue weighted by Gasteiger charge is 2.41. The average molecular weight is 575 g/mol. The quantitative estimate of drug-likeness (QED) is 0.307. The minimum atomic E-state index is -0.128. The standard InChI is InChI=1S/C31H30N10O2/c1-19-20(2)37-40-15-14-38(31(43)29(19)40)13-5-8-27-33-12-11-28(34-27)41-21-9-10-22(41)18-39(17-21)25-16-24(35-36-30(25)32)23-6-3-4-7-26(23)42/h3-4,6-7,11-12,14-16,21-22,42H,9-10,13,17-18H2,1-2H3,(H2,32,36). The molecule has 7 rings (SSSR count). The maximum absolute atomic E-state index is 13.0. The van der Waals surface area contributed by atoms with Crippen molar-refractivity contribution < 1.29 is 5.11 Å². The monoisotopic (exact) mass is 574 g/mol. The minimum absolute atomic E-state index is 0.128. The van der Waals surface area contributed by atoms with Gasteiger partial charge in [-0.15, -0.1) is 10.2 Å². The van der Waals surface area contributed by atoms with Gasteiger partial charge in [-0.3, -0.25) is 4.79 Å². The molecule has 0 radical (unpaired) electrons. The van der Waals surface area contributed by atoms with Crippen LogP contribution in [0.2, 0.25) is 0 Å². The topological polar surface area (TPSA) is 144 Å². The molecule has 2 aliphatic rings. The van der Waals surface area contributed by atoms with Gasteiger partial charge < -0.3 is 25.2 Å². The van der Waals surface area contributed by atoms with Crippen LogP contribution >= 0.6 is 0 Å². The summed E-state index contributed by atoms with van der Waals surface area (Å²) in [5, 5.41) is 23.1. The summed E-state index contributed by atoms with van der Waals surface area (Å²) in [6.07, 6.45) is 7.25. The lowest BCUT2D eigenvalue weighted by Crippen LogP contribution is -2.54. The second-order valence-electron chi connectivity index (χ2n) is 11.0. The first kappa shape index (κ1) is 26.5. The summed E-state index contributed by atoms with van der Waals surface area (Å²) in [5.41, 5.74) is 10.4. The van der Waals surface area contributed by atoms with Crippen LogP contribution in [0.5, 0.6) is 5.75 Å². The summed E-state index contributed by atoms with van der Waals surface area (Å²) < 4.78 is 3.19. The molecule has 1 aromatic carbocycles. The zero-order valence-corrected chi connectivity index (χ0v) is 23.8. The number of phenolic OH excluding ortho intramolecular Hbond substituents is 1. The lowest BCUT2D eigenvalue weighted by molar-refractivity contribution is 0.477. The van der Waals surface area contributed by atoms with Crippen molar-refractivity contribution in [1.29, 1.82) is 0 Å². The molecule has 2 atom stereocenters. The van der Waals surface area contributed by atoms with E-state index in [4.69, 9.17) is 10.7 Å². The largest absolute Gasteiger partial charge is 0.507 e. The summed E-state index contributed by atoms with van der Waals surface area (Å²) in [6, 6.07) is 11.4. The molecule has 2 saturated heterocycles. The average Bonchev–Trinajstić information content (AvgIpc) is 3.45. The van der Waals surface area contributed by atoms with Crippen molar-refractivity contribution in [2.24, 2.45) is 0 Å². The third-order valence-corrected chi connectivity index (χ3v) is 8.40. The fourth-order valence-electron chi connectivity index (χ4n) is 6.17. The van der Waals surface area contributed by atoms with E-state index in [1.807, 2.05) is 38.1 Å². The number of hydrogen-bond acceptors (Lipinski definition) is 10. The van der Waals surface area contributed by atoms with Crippen LogP contribution in [0, 0.1) is 25.7 Å². The molecule has 5 aromatic rings. The van der Waals surface area contributed by atoms with E-state index in [2.05, 4.69) is 41.9 Å². The predicted molar refractivity (Wildman–Crippen MR) is 163 cm³/mol. The fraction of sp³-hybridized carbons (Fsp3) is 0.290. The number of aromatic nitrogens is 7. The third-order valence-electron chi connectivity index (χ3n) is 8.40. The van der Waals surface area contributed by atoms with E-state index in [0.717, 1.165) is 48.7 Å². The molecule has 0 saturated carbocycles. The number of aryl methyl sites for hydroxylation is 2. The number of aromatic hydroxyl groups is 1. The molecule has 0 aliphatic carbocycles. The first-order valence-corrected chi connectivity index (χ1v) is 14.2. The van der Waals surface area contributed by atoms with Crippen molar-refractivity contribution in [1.82, 2.24) is 34.3 Å². The minimum Gasteiger partial charge on any atom is -0.507 e. The van der Waals surface area contributed by atoms with E-state index in [0.29, 0.717) is 28.4 Å². The van der Waals surface area contributed by atoms with Gasteiger partial charge in [0.1, 0.15) is 17.1 Å². The van der Waals surface area contributed by atoms with Crippen LogP contribution < -0.4 is 21.1 Å². The Balaban J connectivity index is 1.09. The molecule has 2 unspecified atom stereocenters. The van der Waals surface area contributed by atoms with Crippen molar-refractivity contribution in [3.05, 3.63) is 82.4 Å². The van der Waals surface area contributed by atoms with Gasteiger partial charge in [0, 0.05) is 54.9 Å². The van der Waals surface area contributed by atoms with Gasteiger partial charge in [-0.25, -0.2) is 14.5 Å². The maximum atomic E-state index is 13.0. The summed E-state index contributed by atoms with van der Waals surface area (Å²) in [6.45, 7) is 5.51. The highest BCUT2D eigenvalue weighted by Crippen LogP contribution is 2.38. The second-order valence-corrected chi connectivity index (χ2v) is 11.0. The Labute approximate surface area is 247 Å². The van der Waals surface area contributed by atoms with Crippen LogP contribution in [0.15, 0.2) is 59.8 Å². The summed E-state index contributed by atoms with van der Waals surface area (Å²) in [4.78, 5) is 26.7. The second kappa shape index (κ2) is 10.4. The smallest absolute Gasteiger partial charge is 0.277 e. The van der Waals surface area contributed by atoms with Gasteiger partial charge in [0.15, 0.2) is 5.82 Å². The van der Waals surface area contributed by atoms with E-state index in [-0.39, 0.29) is 29.9 Å². The highest BCUT2D eigenvalue weighted by molar-refractivity contribution is 5.74. The number of nitrogens with zero attached hydrogens (tertiary/aromatic N) is 9. The van der Waals surface area contributed by atoms with Crippen molar-refractivity contribution in [2.45, 2.75) is 45.3 Å². The van der Waals surface area contributed by atoms with Crippen LogP contribution in [-0.4, -0.2) is 64.6 Å². The zero-order valence-electron chi connectivity index (χ0n) is 23.8. The van der Waals surface area contributed by atoms with Gasteiger partial charge in [0.05, 0.1) is 23.6 Å². The molecule has 6 heterocycles. The van der Waals surface area contributed by atoms with Crippen LogP contribution in [0.25, 0.3) is 16.8 Å². The molecular formula is C31H30N10O2. The lowest BCUT2D eigenvalue weighted by atomic mass is 10.1. The predicted octanol–water partition coefficient (Wildman–Crippen LogP) is 2.56. The number of anilines is 3. The molecule has 2 bridgehead atoms. The van der Waals surface area contributed by atoms with Gasteiger partial charge in [-0.1, -0.05) is 18.1 Å². The van der Waals surface area contributed by atoms with E-state index < -0.39 is 0 Å². The Morgan fingerprint density at radius 1 is 1.07 bits per heavy atom. The Morgan fingerprint density at radius 2 is 1.86 bits per heavy atom. The van der Waals surface area contributed by atoms with Crippen molar-refractivity contribution >= 4 is 22.8 Å². The number of nitrogens with two attached hydrogens (primary N) is 1. The Bertz CT molecular complexity index is 1970. The zero-order chi connectivity index (χ0) is 29.7. The van der Waals surface area contributed by atoms with Gasteiger partial charge in [0.2, 0.25) is 5.82 Å². The van der Waals surface area contributed by atoms with Gasteiger partial charge in [-0.2, -0.15) is 5.10 Å². The molecule has 216 valence electrons. The Kier molecular flexibility index (Phi) is 6.42. The van der Waals surface area contributed by atoms with E-state index in [1.54, 1.807) is 39.8 Å². The Morgan fingerprint density at radius 3 is 2.65 bits per heavy atom. The summed E-state index contributed by atoms with van der Waals surface area (Å²) in [5.74, 6) is 7.87. The number of para-hydroxylation sites is 1.